The van der Waals surface area contributed by atoms with Gasteiger partial charge in [0.1, 0.15) is 11.6 Å². The van der Waals surface area contributed by atoms with E-state index >= 15 is 0 Å². The van der Waals surface area contributed by atoms with Gasteiger partial charge in [-0.25, -0.2) is 4.39 Å². The monoisotopic (exact) mass is 256 g/mol. The molecule has 1 aliphatic rings. The molecule has 0 atom stereocenters. The van der Waals surface area contributed by atoms with Crippen LogP contribution < -0.4 is 0 Å². The van der Waals surface area contributed by atoms with Gasteiger partial charge in [-0.15, -0.1) is 0 Å². The van der Waals surface area contributed by atoms with Crippen LogP contribution in [0.25, 0.3) is 0 Å². The summed E-state index contributed by atoms with van der Waals surface area (Å²) in [7, 11) is 0. The number of carbonyl (C=O) groups excluding carboxylic acids is 1. The Morgan fingerprint density at radius 1 is 1.35 bits per heavy atom. The maximum Gasteiger partial charge on any atom is 0.142 e. The number of rotatable bonds is 3. The summed E-state index contributed by atoms with van der Waals surface area (Å²) in [6.07, 6.45) is 2.86. The van der Waals surface area contributed by atoms with Crippen LogP contribution in [0.5, 0.6) is 0 Å². The molecule has 1 fully saturated rings. The molecule has 0 aromatic heterocycles. The lowest BCUT2D eigenvalue weighted by Gasteiger charge is -2.21. The zero-order valence-electron chi connectivity index (χ0n) is 9.42. The number of benzene rings is 1. The van der Waals surface area contributed by atoms with Crippen molar-refractivity contribution < 1.29 is 13.9 Å². The van der Waals surface area contributed by atoms with E-state index in [-0.39, 0.29) is 11.1 Å². The Morgan fingerprint density at radius 3 is 2.71 bits per heavy atom. The van der Waals surface area contributed by atoms with E-state index in [1.807, 2.05) is 0 Å². The molecule has 17 heavy (non-hydrogen) atoms. The van der Waals surface area contributed by atoms with E-state index in [4.69, 9.17) is 16.3 Å². The van der Waals surface area contributed by atoms with Gasteiger partial charge in [0.15, 0.2) is 0 Å². The van der Waals surface area contributed by atoms with Crippen molar-refractivity contribution in [2.24, 2.45) is 0 Å². The molecule has 0 bridgehead atoms. The van der Waals surface area contributed by atoms with E-state index in [0.29, 0.717) is 25.2 Å². The van der Waals surface area contributed by atoms with E-state index in [2.05, 4.69) is 0 Å². The number of ether oxygens (including phenoxy) is 1. The number of Topliss-reactive ketones (excluding diaryl/α,β-unsaturated/α-hetero) is 1. The number of hydrogen-bond donors (Lipinski definition) is 0. The molecule has 0 saturated heterocycles. The molecular formula is C13H14ClFO2. The van der Waals surface area contributed by atoms with Crippen LogP contribution in [0, 0.1) is 5.82 Å². The molecule has 0 heterocycles. The maximum absolute atomic E-state index is 13.2. The van der Waals surface area contributed by atoms with Crippen molar-refractivity contribution in [1.29, 1.82) is 0 Å². The van der Waals surface area contributed by atoms with E-state index < -0.39 is 5.82 Å². The van der Waals surface area contributed by atoms with Crippen LogP contribution in [0.2, 0.25) is 5.02 Å². The molecule has 0 amide bonds. The largest absolute Gasteiger partial charge is 0.374 e. The molecule has 4 heteroatoms. The van der Waals surface area contributed by atoms with Gasteiger partial charge in [-0.3, -0.25) is 4.79 Å². The summed E-state index contributed by atoms with van der Waals surface area (Å²) in [6.45, 7) is 0.368. The second kappa shape index (κ2) is 5.61. The second-order valence-corrected chi connectivity index (χ2v) is 4.70. The highest BCUT2D eigenvalue weighted by molar-refractivity contribution is 6.30. The lowest BCUT2D eigenvalue weighted by Crippen LogP contribution is -2.21. The Morgan fingerprint density at radius 2 is 2.06 bits per heavy atom. The first-order valence-electron chi connectivity index (χ1n) is 5.72. The molecule has 2 rings (SSSR count). The zero-order valence-corrected chi connectivity index (χ0v) is 10.2. The van der Waals surface area contributed by atoms with Crippen LogP contribution in [0.4, 0.5) is 4.39 Å². The first-order chi connectivity index (χ1) is 8.15. The third-order valence-electron chi connectivity index (χ3n) is 2.96. The molecule has 1 saturated carbocycles. The molecular weight excluding hydrogens is 243 g/mol. The molecule has 0 aliphatic heterocycles. The number of hydrogen-bond acceptors (Lipinski definition) is 2. The molecule has 1 aliphatic carbocycles. The highest BCUT2D eigenvalue weighted by atomic mass is 35.5. The fourth-order valence-electron chi connectivity index (χ4n) is 1.92. The van der Waals surface area contributed by atoms with Crippen molar-refractivity contribution in [2.45, 2.75) is 38.4 Å². The quantitative estimate of drug-likeness (QED) is 0.827. The molecule has 0 spiro atoms. The SMILES string of the molecule is O=C1CCC(OCc2ccc(Cl)c(F)c2)CC1. The topological polar surface area (TPSA) is 26.3 Å². The van der Waals surface area contributed by atoms with Gasteiger partial charge in [-0.2, -0.15) is 0 Å². The molecule has 92 valence electrons. The first-order valence-corrected chi connectivity index (χ1v) is 6.10. The van der Waals surface area contributed by atoms with E-state index in [1.54, 1.807) is 6.07 Å². The van der Waals surface area contributed by atoms with Crippen molar-refractivity contribution in [3.63, 3.8) is 0 Å². The standard InChI is InChI=1S/C13H14ClFO2/c14-12-6-1-9(7-13(12)15)8-17-11-4-2-10(16)3-5-11/h1,6-7,11H,2-5,8H2. The predicted molar refractivity (Wildman–Crippen MR) is 63.5 cm³/mol. The number of carbonyl (C=O) groups is 1. The Kier molecular flexibility index (Phi) is 4.13. The van der Waals surface area contributed by atoms with Gasteiger partial charge >= 0.3 is 0 Å². The van der Waals surface area contributed by atoms with Gasteiger partial charge in [0.25, 0.3) is 0 Å². The van der Waals surface area contributed by atoms with Crippen LogP contribution in [-0.4, -0.2) is 11.9 Å². The molecule has 0 N–H and O–H groups in total. The molecule has 2 nitrogen and oxygen atoms in total. The molecule has 0 unspecified atom stereocenters. The van der Waals surface area contributed by atoms with Crippen molar-refractivity contribution in [1.82, 2.24) is 0 Å². The number of ketones is 1. The summed E-state index contributed by atoms with van der Waals surface area (Å²) in [5.74, 6) is -0.117. The van der Waals surface area contributed by atoms with Crippen LogP contribution in [0.15, 0.2) is 18.2 Å². The molecule has 1 aromatic carbocycles. The summed E-state index contributed by atoms with van der Waals surface area (Å²) < 4.78 is 18.8. The zero-order chi connectivity index (χ0) is 12.3. The van der Waals surface area contributed by atoms with Crippen LogP contribution >= 0.6 is 11.6 Å². The van der Waals surface area contributed by atoms with Gasteiger partial charge in [-0.1, -0.05) is 17.7 Å². The second-order valence-electron chi connectivity index (χ2n) is 4.30. The van der Waals surface area contributed by atoms with Crippen molar-refractivity contribution >= 4 is 17.4 Å². The highest BCUT2D eigenvalue weighted by Gasteiger charge is 2.19. The van der Waals surface area contributed by atoms with Crippen molar-refractivity contribution in [3.05, 3.63) is 34.6 Å². The smallest absolute Gasteiger partial charge is 0.142 e. The fourth-order valence-corrected chi connectivity index (χ4v) is 2.04. The summed E-state index contributed by atoms with van der Waals surface area (Å²) in [4.78, 5) is 11.0. The summed E-state index contributed by atoms with van der Waals surface area (Å²) >= 11 is 5.59. The Hall–Kier alpha value is -0.930. The third kappa shape index (κ3) is 3.51. The number of halogens is 2. The van der Waals surface area contributed by atoms with Gasteiger partial charge < -0.3 is 4.74 Å². The van der Waals surface area contributed by atoms with Gasteiger partial charge in [0, 0.05) is 12.8 Å². The Bertz CT molecular complexity index is 410. The Labute approximate surface area is 105 Å². The van der Waals surface area contributed by atoms with E-state index in [9.17, 15) is 9.18 Å². The van der Waals surface area contributed by atoms with E-state index in [1.165, 1.54) is 12.1 Å². The molecule has 0 radical (unpaired) electrons. The van der Waals surface area contributed by atoms with Gasteiger partial charge in [0.2, 0.25) is 0 Å². The average Bonchev–Trinajstić information content (AvgIpc) is 2.33. The molecule has 1 aromatic rings. The predicted octanol–water partition coefficient (Wildman–Crippen LogP) is 3.51. The normalized spacial score (nSPS) is 17.4. The third-order valence-corrected chi connectivity index (χ3v) is 3.27. The first kappa shape index (κ1) is 12.5. The highest BCUT2D eigenvalue weighted by Crippen LogP contribution is 2.21. The summed E-state index contributed by atoms with van der Waals surface area (Å²) in [6, 6.07) is 4.66. The maximum atomic E-state index is 13.2. The van der Waals surface area contributed by atoms with Crippen molar-refractivity contribution in [2.75, 3.05) is 0 Å². The Balaban J connectivity index is 1.85. The lowest BCUT2D eigenvalue weighted by atomic mass is 9.96. The minimum Gasteiger partial charge on any atom is -0.374 e. The van der Waals surface area contributed by atoms with Gasteiger partial charge in [-0.05, 0) is 30.5 Å². The minimum absolute atomic E-state index is 0.117. The van der Waals surface area contributed by atoms with Crippen LogP contribution in [-0.2, 0) is 16.1 Å². The van der Waals surface area contributed by atoms with Gasteiger partial charge in [0.05, 0.1) is 17.7 Å². The van der Waals surface area contributed by atoms with Crippen molar-refractivity contribution in [3.8, 4) is 0 Å². The average molecular weight is 257 g/mol. The van der Waals surface area contributed by atoms with E-state index in [0.717, 1.165) is 18.4 Å². The minimum atomic E-state index is -0.424. The lowest BCUT2D eigenvalue weighted by molar-refractivity contribution is -0.123. The summed E-state index contributed by atoms with van der Waals surface area (Å²) in [5.41, 5.74) is 0.767. The van der Waals surface area contributed by atoms with Crippen LogP contribution in [0.1, 0.15) is 31.2 Å². The summed E-state index contributed by atoms with van der Waals surface area (Å²) in [5, 5.41) is 0.122. The van der Waals surface area contributed by atoms with Crippen LogP contribution in [0.3, 0.4) is 0 Å². The fraction of sp³-hybridized carbons (Fsp3) is 0.462.